The highest BCUT2D eigenvalue weighted by atomic mass is 35.5. The minimum atomic E-state index is -3.60. The number of carbonyl (C=O) groups excluding carboxylic acids is 1. The fourth-order valence-electron chi connectivity index (χ4n) is 3.22. The summed E-state index contributed by atoms with van der Waals surface area (Å²) in [6, 6.07) is 6.71. The lowest BCUT2D eigenvalue weighted by Crippen LogP contribution is -2.13. The number of hydrogen-bond donors (Lipinski definition) is 2. The van der Waals surface area contributed by atoms with Crippen LogP contribution in [0.25, 0.3) is 21.9 Å². The maximum Gasteiger partial charge on any atom is 0.387 e. The van der Waals surface area contributed by atoms with Crippen LogP contribution in [0.1, 0.15) is 10.4 Å². The van der Waals surface area contributed by atoms with E-state index >= 15 is 0 Å². The molecule has 2 aromatic heterocycles. The second kappa shape index (κ2) is 8.65. The number of amides is 1. The molecule has 2 aromatic carbocycles. The van der Waals surface area contributed by atoms with E-state index in [9.17, 15) is 22.0 Å². The number of carbonyl (C=O) groups is 1. The first-order chi connectivity index (χ1) is 15.5. The van der Waals surface area contributed by atoms with Crippen LogP contribution < -0.4 is 14.8 Å². The van der Waals surface area contributed by atoms with E-state index in [0.717, 1.165) is 12.3 Å². The van der Waals surface area contributed by atoms with E-state index in [-0.39, 0.29) is 54.7 Å². The minimum absolute atomic E-state index is 0.0193. The number of alkyl halides is 2. The van der Waals surface area contributed by atoms with Crippen LogP contribution in [-0.4, -0.2) is 32.2 Å². The molecule has 0 unspecified atom stereocenters. The Balaban J connectivity index is 1.92. The molecule has 13 heteroatoms. The number of benzene rings is 2. The molecule has 0 aliphatic heterocycles. The number of furan rings is 1. The van der Waals surface area contributed by atoms with Gasteiger partial charge in [0.1, 0.15) is 5.58 Å². The lowest BCUT2D eigenvalue weighted by Gasteiger charge is -2.11. The summed E-state index contributed by atoms with van der Waals surface area (Å²) in [5.74, 6) is -0.979. The summed E-state index contributed by atoms with van der Waals surface area (Å²) < 4.78 is 61.7. The molecule has 8 nitrogen and oxygen atoms in total. The van der Waals surface area contributed by atoms with Crippen molar-refractivity contribution in [3.63, 3.8) is 0 Å². The summed E-state index contributed by atoms with van der Waals surface area (Å²) in [6.07, 6.45) is 3.55. The predicted molar refractivity (Wildman–Crippen MR) is 121 cm³/mol. The van der Waals surface area contributed by atoms with Crippen molar-refractivity contribution in [1.29, 1.82) is 0 Å². The normalized spacial score (nSPS) is 11.8. The third-order valence-corrected chi connectivity index (χ3v) is 5.62. The van der Waals surface area contributed by atoms with Gasteiger partial charge in [0.2, 0.25) is 10.0 Å². The number of nitrogens with zero attached hydrogens (tertiary/aromatic N) is 1. The minimum Gasteiger partial charge on any atom is -0.452 e. The molecule has 4 rings (SSSR count). The first kappa shape index (κ1) is 23.0. The summed E-state index contributed by atoms with van der Waals surface area (Å²) in [5, 5.41) is 3.15. The number of rotatable bonds is 6. The number of fused-ring (bicyclic) bond motifs is 3. The van der Waals surface area contributed by atoms with Gasteiger partial charge in [-0.1, -0.05) is 23.2 Å². The Kier molecular flexibility index (Phi) is 6.04. The summed E-state index contributed by atoms with van der Waals surface area (Å²) >= 11 is 12.1. The van der Waals surface area contributed by atoms with Crippen molar-refractivity contribution >= 4 is 72.4 Å². The molecular weight excluding hydrogens is 503 g/mol. The number of hydrogen-bond acceptors (Lipinski definition) is 6. The molecule has 0 atom stereocenters. The lowest BCUT2D eigenvalue weighted by atomic mass is 10.0. The second-order valence-corrected chi connectivity index (χ2v) is 9.38. The van der Waals surface area contributed by atoms with E-state index < -0.39 is 22.5 Å². The van der Waals surface area contributed by atoms with Gasteiger partial charge in [0.05, 0.1) is 27.6 Å². The molecule has 0 radical (unpaired) electrons. The first-order valence-electron chi connectivity index (χ1n) is 9.05. The highest BCUT2D eigenvalue weighted by Gasteiger charge is 2.23. The Labute approximate surface area is 195 Å². The number of ether oxygens (including phenoxy) is 1. The summed E-state index contributed by atoms with van der Waals surface area (Å²) in [5.41, 5.74) is 0.390. The first-order valence-corrected chi connectivity index (χ1v) is 11.7. The fraction of sp³-hybridized carbons (Fsp3) is 0.100. The Morgan fingerprint density at radius 1 is 1.15 bits per heavy atom. The Morgan fingerprint density at radius 2 is 1.85 bits per heavy atom. The number of aromatic nitrogens is 1. The molecule has 0 bridgehead atoms. The maximum absolute atomic E-state index is 13.1. The van der Waals surface area contributed by atoms with Crippen molar-refractivity contribution in [1.82, 2.24) is 4.98 Å². The summed E-state index contributed by atoms with van der Waals surface area (Å²) in [4.78, 5) is 16.9. The second-order valence-electron chi connectivity index (χ2n) is 6.81. The summed E-state index contributed by atoms with van der Waals surface area (Å²) in [6.45, 7) is -3.14. The van der Waals surface area contributed by atoms with Gasteiger partial charge >= 0.3 is 6.61 Å². The van der Waals surface area contributed by atoms with Crippen molar-refractivity contribution in [3.05, 3.63) is 58.3 Å². The lowest BCUT2D eigenvalue weighted by molar-refractivity contribution is -0.0493. The van der Waals surface area contributed by atoms with Crippen molar-refractivity contribution in [3.8, 4) is 5.75 Å². The highest BCUT2D eigenvalue weighted by Crippen LogP contribution is 2.39. The van der Waals surface area contributed by atoms with Crippen LogP contribution in [0.4, 0.5) is 20.2 Å². The number of anilines is 2. The predicted octanol–water partition coefficient (Wildman–Crippen LogP) is 5.51. The molecule has 2 N–H and O–H groups in total. The molecule has 33 heavy (non-hydrogen) atoms. The van der Waals surface area contributed by atoms with Gasteiger partial charge in [0.15, 0.2) is 11.3 Å². The van der Waals surface area contributed by atoms with E-state index in [2.05, 4.69) is 19.8 Å². The Hall–Kier alpha value is -3.15. The maximum atomic E-state index is 13.1. The molecule has 0 spiro atoms. The molecule has 0 aliphatic rings. The number of halogens is 4. The van der Waals surface area contributed by atoms with Gasteiger partial charge in [-0.3, -0.25) is 14.5 Å². The molecule has 0 fully saturated rings. The molecule has 1 amide bonds. The van der Waals surface area contributed by atoms with Crippen LogP contribution in [0, 0.1) is 0 Å². The summed E-state index contributed by atoms with van der Waals surface area (Å²) in [7, 11) is -3.60. The van der Waals surface area contributed by atoms with Gasteiger partial charge in [-0.05, 0) is 30.3 Å². The van der Waals surface area contributed by atoms with E-state index in [1.54, 1.807) is 0 Å². The number of sulfonamides is 1. The Morgan fingerprint density at radius 3 is 2.48 bits per heavy atom. The smallest absolute Gasteiger partial charge is 0.387 e. The van der Waals surface area contributed by atoms with Crippen LogP contribution >= 0.6 is 23.2 Å². The van der Waals surface area contributed by atoms with Crippen LogP contribution in [0.15, 0.2) is 47.1 Å². The van der Waals surface area contributed by atoms with Crippen LogP contribution in [0.3, 0.4) is 0 Å². The highest BCUT2D eigenvalue weighted by molar-refractivity contribution is 7.92. The van der Waals surface area contributed by atoms with Crippen molar-refractivity contribution in [2.45, 2.75) is 6.61 Å². The molecule has 4 aromatic rings. The van der Waals surface area contributed by atoms with Gasteiger partial charge in [-0.2, -0.15) is 8.78 Å². The fourth-order valence-corrected chi connectivity index (χ4v) is 4.24. The Bertz CT molecular complexity index is 1490. The van der Waals surface area contributed by atoms with Crippen LogP contribution in [0.5, 0.6) is 5.75 Å². The zero-order chi connectivity index (χ0) is 23.9. The third-order valence-electron chi connectivity index (χ3n) is 4.44. The third kappa shape index (κ3) is 4.80. The SMILES string of the molecule is CS(=O)(=O)Nc1ccc2oc3c(OC(F)F)ccc(C(=O)Nc4c(Cl)cncc4Cl)c3c2c1. The van der Waals surface area contributed by atoms with E-state index in [4.69, 9.17) is 27.6 Å². The van der Waals surface area contributed by atoms with Gasteiger partial charge in [0.25, 0.3) is 5.91 Å². The topological polar surface area (TPSA) is 111 Å². The molecule has 2 heterocycles. The van der Waals surface area contributed by atoms with Crippen LogP contribution in [0.2, 0.25) is 10.0 Å². The number of pyridine rings is 1. The zero-order valence-electron chi connectivity index (χ0n) is 16.5. The van der Waals surface area contributed by atoms with Crippen LogP contribution in [-0.2, 0) is 10.0 Å². The average Bonchev–Trinajstić information content (AvgIpc) is 3.09. The van der Waals surface area contributed by atoms with Crippen molar-refractivity contribution in [2.75, 3.05) is 16.3 Å². The van der Waals surface area contributed by atoms with Gasteiger partial charge in [-0.15, -0.1) is 0 Å². The average molecular weight is 516 g/mol. The quantitative estimate of drug-likeness (QED) is 0.350. The number of nitrogens with one attached hydrogen (secondary N) is 2. The van der Waals surface area contributed by atoms with Gasteiger partial charge in [0, 0.05) is 28.9 Å². The zero-order valence-corrected chi connectivity index (χ0v) is 18.9. The monoisotopic (exact) mass is 515 g/mol. The van der Waals surface area contributed by atoms with Crippen molar-refractivity contribution in [2.24, 2.45) is 0 Å². The van der Waals surface area contributed by atoms with E-state index in [1.807, 2.05) is 0 Å². The largest absolute Gasteiger partial charge is 0.452 e. The van der Waals surface area contributed by atoms with E-state index in [1.165, 1.54) is 36.7 Å². The van der Waals surface area contributed by atoms with Crippen molar-refractivity contribution < 1.29 is 31.1 Å². The molecule has 172 valence electrons. The van der Waals surface area contributed by atoms with E-state index in [0.29, 0.717) is 0 Å². The molecule has 0 aliphatic carbocycles. The standard InChI is InChI=1S/C20H13Cl2F2N3O5S/c1-33(29,30)27-9-2-4-14-11(6-9)16-10(3-5-15(18(16)31-14)32-20(23)24)19(28)26-17-12(21)7-25-8-13(17)22/h2-8,20,27H,1H3,(H,25,26,28). The molecule has 0 saturated heterocycles. The molecular formula is C20H13Cl2F2N3O5S. The van der Waals surface area contributed by atoms with Gasteiger partial charge in [-0.25, -0.2) is 8.42 Å². The van der Waals surface area contributed by atoms with Gasteiger partial charge < -0.3 is 14.5 Å². The molecule has 0 saturated carbocycles.